The van der Waals surface area contributed by atoms with E-state index in [9.17, 15) is 9.00 Å². The van der Waals surface area contributed by atoms with Gasteiger partial charge >= 0.3 is 6.09 Å². The molecular weight excluding hydrogens is 368 g/mol. The third-order valence-electron chi connectivity index (χ3n) is 2.94. The molecule has 0 heterocycles. The van der Waals surface area contributed by atoms with Gasteiger partial charge in [-0.25, -0.2) is 13.3 Å². The van der Waals surface area contributed by atoms with E-state index >= 15 is 0 Å². The monoisotopic (exact) mass is 390 g/mol. The van der Waals surface area contributed by atoms with Crippen molar-refractivity contribution >= 4 is 45.0 Å². The Balaban J connectivity index is 2.59. The molecule has 0 fully saturated rings. The maximum absolute atomic E-state index is 12.2. The number of carbonyl (C=O) groups excluding carboxylic acids is 1. The molecule has 1 unspecified atom stereocenters. The van der Waals surface area contributed by atoms with Crippen LogP contribution in [-0.2, 0) is 24.4 Å². The summed E-state index contributed by atoms with van der Waals surface area (Å²) in [6.45, 7) is 8.01. The fraction of sp³-hybridized carbons (Fsp3) is 0.467. The first-order chi connectivity index (χ1) is 11.1. The van der Waals surface area contributed by atoms with Crippen LogP contribution in [-0.4, -0.2) is 34.7 Å². The van der Waals surface area contributed by atoms with E-state index < -0.39 is 16.1 Å². The largest absolute Gasteiger partial charge is 0.484 e. The molecule has 0 saturated heterocycles. The highest BCUT2D eigenvalue weighted by atomic mass is 33.1. The van der Waals surface area contributed by atoms with Crippen LogP contribution in [0.15, 0.2) is 33.6 Å². The number of methoxy groups -OCH3 is 1. The van der Waals surface area contributed by atoms with Crippen molar-refractivity contribution in [1.82, 2.24) is 4.31 Å². The highest BCUT2D eigenvalue weighted by Gasteiger charge is 2.19. The lowest BCUT2D eigenvalue weighted by Crippen LogP contribution is -2.26. The van der Waals surface area contributed by atoms with E-state index in [0.717, 1.165) is 20.0 Å². The average molecular weight is 391 g/mol. The summed E-state index contributed by atoms with van der Waals surface area (Å²) in [5.74, 6) is 0.366. The molecule has 1 rings (SSSR count). The Labute approximate surface area is 153 Å². The average Bonchev–Trinajstić information content (AvgIpc) is 2.53. The molecule has 6 nitrogen and oxygen atoms in total. The zero-order valence-corrected chi connectivity index (χ0v) is 17.0. The van der Waals surface area contributed by atoms with Crippen LogP contribution in [0, 0.1) is 0 Å². The first-order valence-electron chi connectivity index (χ1n) is 7.06. The van der Waals surface area contributed by atoms with E-state index in [-0.39, 0.29) is 5.41 Å². The van der Waals surface area contributed by atoms with E-state index in [1.807, 2.05) is 24.3 Å². The Bertz CT molecular complexity index is 612. The highest BCUT2D eigenvalue weighted by molar-refractivity contribution is 8.68. The molecule has 9 heteroatoms. The summed E-state index contributed by atoms with van der Waals surface area (Å²) in [4.78, 5) is 12.6. The van der Waals surface area contributed by atoms with Gasteiger partial charge in [-0.3, -0.25) is 0 Å². The fourth-order valence-corrected chi connectivity index (χ4v) is 3.87. The second-order valence-electron chi connectivity index (χ2n) is 5.81. The molecule has 0 aromatic heterocycles. The molecule has 0 aliphatic carbocycles. The molecule has 1 atom stereocenters. The second kappa shape index (κ2) is 9.33. The first-order valence-corrected chi connectivity index (χ1v) is 10.2. The quantitative estimate of drug-likeness (QED) is 0.245. The number of nitrogens with zero attached hydrogens (tertiary/aromatic N) is 2. The molecule has 1 aromatic rings. The lowest BCUT2D eigenvalue weighted by molar-refractivity contribution is 0.195. The number of amides is 1. The van der Waals surface area contributed by atoms with E-state index in [0.29, 0.717) is 18.1 Å². The third kappa shape index (κ3) is 6.74. The van der Waals surface area contributed by atoms with Crippen LogP contribution in [0.1, 0.15) is 33.3 Å². The predicted octanol–water partition coefficient (Wildman–Crippen LogP) is 4.35. The lowest BCUT2D eigenvalue weighted by atomic mass is 9.87. The minimum Gasteiger partial charge on any atom is -0.484 e. The van der Waals surface area contributed by atoms with Gasteiger partial charge in [-0.05, 0) is 33.9 Å². The minimum atomic E-state index is -1.61. The summed E-state index contributed by atoms with van der Waals surface area (Å²) >= 11 is 0.579. The van der Waals surface area contributed by atoms with Crippen molar-refractivity contribution in [3.8, 4) is 0 Å². The predicted molar refractivity (Wildman–Crippen MR) is 101 cm³/mol. The molecule has 0 saturated carbocycles. The van der Waals surface area contributed by atoms with Gasteiger partial charge in [-0.15, -0.1) is 4.40 Å². The van der Waals surface area contributed by atoms with Crippen molar-refractivity contribution in [2.24, 2.45) is 4.40 Å². The maximum Gasteiger partial charge on any atom is 0.435 e. The molecule has 0 aliphatic heterocycles. The van der Waals surface area contributed by atoms with Gasteiger partial charge < -0.3 is 8.92 Å². The number of rotatable bonds is 5. The minimum absolute atomic E-state index is 0.0566. The molecule has 0 aliphatic rings. The fourth-order valence-electron chi connectivity index (χ4n) is 1.40. The Morgan fingerprint density at radius 2 is 1.83 bits per heavy atom. The van der Waals surface area contributed by atoms with Crippen molar-refractivity contribution in [2.75, 3.05) is 14.2 Å². The zero-order chi connectivity index (χ0) is 18.3. The molecule has 0 N–H and O–H groups in total. The van der Waals surface area contributed by atoms with Gasteiger partial charge in [0.1, 0.15) is 0 Å². The molecule has 1 amide bonds. The normalized spacial score (nSPS) is 13.3. The van der Waals surface area contributed by atoms with E-state index in [1.54, 1.807) is 6.92 Å². The van der Waals surface area contributed by atoms with Crippen molar-refractivity contribution in [2.45, 2.75) is 38.0 Å². The van der Waals surface area contributed by atoms with E-state index in [4.69, 9.17) is 8.92 Å². The van der Waals surface area contributed by atoms with Crippen LogP contribution in [0.2, 0.25) is 0 Å². The van der Waals surface area contributed by atoms with Gasteiger partial charge in [0, 0.05) is 18.9 Å². The number of benzene rings is 1. The molecule has 0 spiro atoms. The van der Waals surface area contributed by atoms with Crippen molar-refractivity contribution < 1.29 is 17.9 Å². The second-order valence-corrected chi connectivity index (χ2v) is 9.28. The van der Waals surface area contributed by atoms with Gasteiger partial charge in [0.2, 0.25) is 12.2 Å². The van der Waals surface area contributed by atoms with Crippen molar-refractivity contribution in [3.63, 3.8) is 0 Å². The standard InChI is InChI=1S/C15H22N2O4S3/c1-11(20-6)16-23-21-14(18)17(5)24(19)22-13-9-7-12(8-10-13)15(2,3)4/h7-10H,1-6H3/b16-11+. The maximum atomic E-state index is 12.2. The summed E-state index contributed by atoms with van der Waals surface area (Å²) in [5, 5.41) is 0. The van der Waals surface area contributed by atoms with Gasteiger partial charge in [0.05, 0.1) is 7.11 Å². The van der Waals surface area contributed by atoms with Gasteiger partial charge in [-0.2, -0.15) is 0 Å². The Morgan fingerprint density at radius 1 is 1.25 bits per heavy atom. The summed E-state index contributed by atoms with van der Waals surface area (Å²) in [6.07, 6.45) is -0.746. The summed E-state index contributed by atoms with van der Waals surface area (Å²) in [6, 6.07) is 7.78. The SMILES string of the molecule is CO/C(C)=N/SOC(=O)N(C)S(=O)Sc1ccc(C(C)(C)C)cc1. The topological polar surface area (TPSA) is 68.2 Å². The Morgan fingerprint density at radius 3 is 2.33 bits per heavy atom. The van der Waals surface area contributed by atoms with Crippen molar-refractivity contribution in [1.29, 1.82) is 0 Å². The molecule has 134 valence electrons. The van der Waals surface area contributed by atoms with E-state index in [2.05, 4.69) is 25.2 Å². The van der Waals surface area contributed by atoms with Crippen LogP contribution < -0.4 is 0 Å². The third-order valence-corrected chi connectivity index (χ3v) is 6.37. The van der Waals surface area contributed by atoms with Gasteiger partial charge in [-0.1, -0.05) is 32.9 Å². The van der Waals surface area contributed by atoms with Crippen LogP contribution in [0.4, 0.5) is 4.79 Å². The number of hydrogen-bond acceptors (Lipinski definition) is 7. The highest BCUT2D eigenvalue weighted by Crippen LogP contribution is 2.28. The number of carbonyl (C=O) groups is 1. The molecular formula is C15H22N2O4S3. The number of hydrogen-bond donors (Lipinski definition) is 0. The summed E-state index contributed by atoms with van der Waals surface area (Å²) in [7, 11) is 2.33. The first kappa shape index (κ1) is 20.9. The molecule has 0 radical (unpaired) electrons. The van der Waals surface area contributed by atoms with Crippen LogP contribution in [0.5, 0.6) is 0 Å². The van der Waals surface area contributed by atoms with Crippen LogP contribution in [0.3, 0.4) is 0 Å². The molecule has 24 heavy (non-hydrogen) atoms. The Kier molecular flexibility index (Phi) is 8.11. The smallest absolute Gasteiger partial charge is 0.435 e. The van der Waals surface area contributed by atoms with Gasteiger partial charge in [0.15, 0.2) is 15.9 Å². The molecule has 0 bridgehead atoms. The number of ether oxygens (including phenoxy) is 1. The lowest BCUT2D eigenvalue weighted by Gasteiger charge is -2.19. The van der Waals surface area contributed by atoms with Crippen LogP contribution >= 0.6 is 23.0 Å². The van der Waals surface area contributed by atoms with E-state index in [1.165, 1.54) is 19.7 Å². The van der Waals surface area contributed by atoms with Crippen LogP contribution in [0.25, 0.3) is 0 Å². The van der Waals surface area contributed by atoms with Crippen molar-refractivity contribution in [3.05, 3.63) is 29.8 Å². The zero-order valence-electron chi connectivity index (χ0n) is 14.6. The summed E-state index contributed by atoms with van der Waals surface area (Å²) in [5.41, 5.74) is 1.24. The Hall–Kier alpha value is -1.19. The molecule has 1 aromatic carbocycles. The van der Waals surface area contributed by atoms with Gasteiger partial charge in [0.25, 0.3) is 0 Å². The summed E-state index contributed by atoms with van der Waals surface area (Å²) < 4.78 is 26.6.